The molecule has 1 atom stereocenters. The number of para-hydroxylation sites is 1. The predicted octanol–water partition coefficient (Wildman–Crippen LogP) is 3.12. The lowest BCUT2D eigenvalue weighted by atomic mass is 9.98. The van der Waals surface area contributed by atoms with Gasteiger partial charge in [-0.3, -0.25) is 15.1 Å². The van der Waals surface area contributed by atoms with Gasteiger partial charge in [0.15, 0.2) is 0 Å². The van der Waals surface area contributed by atoms with Crippen LogP contribution in [0.25, 0.3) is 11.1 Å². The van der Waals surface area contributed by atoms with Crippen LogP contribution in [0.15, 0.2) is 72.8 Å². The van der Waals surface area contributed by atoms with Crippen molar-refractivity contribution < 1.29 is 4.79 Å². The van der Waals surface area contributed by atoms with E-state index in [1.54, 1.807) is 0 Å². The Balaban J connectivity index is 1.50. The molecule has 3 aromatic carbocycles. The van der Waals surface area contributed by atoms with Gasteiger partial charge in [0.2, 0.25) is 5.91 Å². The molecule has 1 saturated heterocycles. The van der Waals surface area contributed by atoms with Gasteiger partial charge in [-0.25, -0.2) is 0 Å². The number of aryl methyl sites for hydroxylation is 1. The topological polar surface area (TPSA) is 99.4 Å². The number of amidine groups is 1. The summed E-state index contributed by atoms with van der Waals surface area (Å²) in [6.07, 6.45) is 0. The Morgan fingerprint density at radius 3 is 2.34 bits per heavy atom. The molecule has 6 heteroatoms. The van der Waals surface area contributed by atoms with Crippen molar-refractivity contribution in [2.75, 3.05) is 24.5 Å². The number of piperazine rings is 1. The highest BCUT2D eigenvalue weighted by atomic mass is 16.1. The maximum atomic E-state index is 12.3. The zero-order valence-corrected chi connectivity index (χ0v) is 18.3. The summed E-state index contributed by atoms with van der Waals surface area (Å²) in [5, 5.41) is 7.82. The van der Waals surface area contributed by atoms with Gasteiger partial charge in [-0.15, -0.1) is 0 Å². The van der Waals surface area contributed by atoms with Crippen molar-refractivity contribution >= 4 is 17.4 Å². The molecule has 1 fully saturated rings. The Bertz CT molecular complexity index is 1130. The number of amides is 1. The number of nitrogens with two attached hydrogens (primary N) is 2. The highest BCUT2D eigenvalue weighted by Crippen LogP contribution is 2.26. The minimum Gasteiger partial charge on any atom is -0.384 e. The van der Waals surface area contributed by atoms with Gasteiger partial charge >= 0.3 is 0 Å². The predicted molar refractivity (Wildman–Crippen MR) is 130 cm³/mol. The number of anilines is 1. The minimum absolute atomic E-state index is 0.0560. The van der Waals surface area contributed by atoms with Crippen LogP contribution in [-0.4, -0.2) is 42.3 Å². The summed E-state index contributed by atoms with van der Waals surface area (Å²) < 4.78 is 0. The quantitative estimate of drug-likeness (QED) is 0.416. The first-order valence-electron chi connectivity index (χ1n) is 10.8. The molecule has 4 rings (SSSR count). The molecule has 1 amide bonds. The van der Waals surface area contributed by atoms with Crippen molar-refractivity contribution in [3.05, 3.63) is 89.5 Å². The Hall–Kier alpha value is -3.64. The van der Waals surface area contributed by atoms with Crippen LogP contribution in [0.1, 0.15) is 16.7 Å². The Kier molecular flexibility index (Phi) is 6.23. The average Bonchev–Trinajstić information content (AvgIpc) is 2.80. The first-order valence-corrected chi connectivity index (χ1v) is 10.8. The molecule has 6 nitrogen and oxygen atoms in total. The van der Waals surface area contributed by atoms with Crippen molar-refractivity contribution in [1.29, 1.82) is 5.41 Å². The van der Waals surface area contributed by atoms with Crippen LogP contribution in [0.2, 0.25) is 0 Å². The molecule has 1 unspecified atom stereocenters. The zero-order chi connectivity index (χ0) is 22.7. The van der Waals surface area contributed by atoms with E-state index in [2.05, 4.69) is 41.0 Å². The lowest BCUT2D eigenvalue weighted by Crippen LogP contribution is -2.58. The first kappa shape index (κ1) is 21.6. The van der Waals surface area contributed by atoms with Crippen LogP contribution in [0.4, 0.5) is 5.69 Å². The number of nitrogen functional groups attached to an aromatic ring is 1. The summed E-state index contributed by atoms with van der Waals surface area (Å²) in [6.45, 7) is 4.94. The smallest absolute Gasteiger partial charge is 0.236 e. The second-order valence-electron chi connectivity index (χ2n) is 8.28. The fourth-order valence-electron chi connectivity index (χ4n) is 4.41. The normalized spacial score (nSPS) is 16.7. The van der Waals surface area contributed by atoms with E-state index in [0.717, 1.165) is 41.0 Å². The van der Waals surface area contributed by atoms with Crippen LogP contribution < -0.4 is 16.4 Å². The molecule has 1 aliphatic heterocycles. The van der Waals surface area contributed by atoms with Crippen molar-refractivity contribution in [3.8, 4) is 11.1 Å². The van der Waals surface area contributed by atoms with Crippen LogP contribution >= 0.6 is 0 Å². The van der Waals surface area contributed by atoms with Gasteiger partial charge in [-0.1, -0.05) is 66.7 Å². The van der Waals surface area contributed by atoms with E-state index in [9.17, 15) is 4.79 Å². The molecule has 0 aliphatic carbocycles. The van der Waals surface area contributed by atoms with Crippen LogP contribution in [-0.2, 0) is 11.3 Å². The van der Waals surface area contributed by atoms with E-state index in [1.165, 1.54) is 5.56 Å². The van der Waals surface area contributed by atoms with Crippen molar-refractivity contribution in [1.82, 2.24) is 4.90 Å². The number of primary amides is 1. The molecule has 32 heavy (non-hydrogen) atoms. The van der Waals surface area contributed by atoms with Gasteiger partial charge in [-0.2, -0.15) is 0 Å². The van der Waals surface area contributed by atoms with Crippen molar-refractivity contribution in [2.45, 2.75) is 19.5 Å². The number of rotatable bonds is 6. The summed E-state index contributed by atoms with van der Waals surface area (Å²) >= 11 is 0. The second kappa shape index (κ2) is 9.24. The molecule has 0 bridgehead atoms. The Morgan fingerprint density at radius 1 is 0.969 bits per heavy atom. The summed E-state index contributed by atoms with van der Waals surface area (Å²) in [7, 11) is 0. The van der Waals surface area contributed by atoms with Gasteiger partial charge in [0, 0.05) is 37.4 Å². The molecular formula is C26H29N5O. The Morgan fingerprint density at radius 2 is 1.66 bits per heavy atom. The minimum atomic E-state index is -0.346. The fraction of sp³-hybridized carbons (Fsp3) is 0.231. The van der Waals surface area contributed by atoms with E-state index < -0.39 is 0 Å². The van der Waals surface area contributed by atoms with Crippen LogP contribution in [0.3, 0.4) is 0 Å². The second-order valence-corrected chi connectivity index (χ2v) is 8.28. The van der Waals surface area contributed by atoms with Gasteiger partial charge in [0.25, 0.3) is 0 Å². The van der Waals surface area contributed by atoms with E-state index in [0.29, 0.717) is 13.1 Å². The third-order valence-corrected chi connectivity index (χ3v) is 6.14. The summed E-state index contributed by atoms with van der Waals surface area (Å²) in [4.78, 5) is 16.7. The molecule has 1 heterocycles. The van der Waals surface area contributed by atoms with E-state index >= 15 is 0 Å². The largest absolute Gasteiger partial charge is 0.384 e. The van der Waals surface area contributed by atoms with Gasteiger partial charge in [0.05, 0.1) is 0 Å². The van der Waals surface area contributed by atoms with Gasteiger partial charge < -0.3 is 16.4 Å². The lowest BCUT2D eigenvalue weighted by Gasteiger charge is -2.41. The molecule has 0 aromatic heterocycles. The third-order valence-electron chi connectivity index (χ3n) is 6.14. The maximum absolute atomic E-state index is 12.3. The molecular weight excluding hydrogens is 398 g/mol. The highest BCUT2D eigenvalue weighted by molar-refractivity contribution is 6.01. The number of benzene rings is 3. The van der Waals surface area contributed by atoms with Crippen molar-refractivity contribution in [2.24, 2.45) is 11.5 Å². The number of nitrogens with zero attached hydrogens (tertiary/aromatic N) is 2. The van der Waals surface area contributed by atoms with Crippen LogP contribution in [0.5, 0.6) is 0 Å². The monoisotopic (exact) mass is 427 g/mol. The highest BCUT2D eigenvalue weighted by Gasteiger charge is 2.31. The van der Waals surface area contributed by atoms with Gasteiger partial charge in [-0.05, 0) is 35.2 Å². The molecule has 164 valence electrons. The fourth-order valence-corrected chi connectivity index (χ4v) is 4.41. The third kappa shape index (κ3) is 4.50. The molecule has 0 spiro atoms. The molecule has 0 saturated carbocycles. The van der Waals surface area contributed by atoms with Crippen LogP contribution in [0, 0.1) is 12.3 Å². The first-order chi connectivity index (χ1) is 15.4. The Labute approximate surface area is 189 Å². The standard InChI is InChI=1S/C26H29N5O/c1-18-6-2-5-9-23(18)31-15-14-30(24(17-31)26(29)32)16-19-10-12-20(13-11-19)21-7-3-4-8-22(21)25(27)28/h2-13,24H,14-17H2,1H3,(H3,27,28)(H2,29,32). The van der Waals surface area contributed by atoms with E-state index in [-0.39, 0.29) is 17.8 Å². The average molecular weight is 428 g/mol. The van der Waals surface area contributed by atoms with E-state index in [1.807, 2.05) is 48.5 Å². The number of hydrogen-bond donors (Lipinski definition) is 3. The molecule has 0 radical (unpaired) electrons. The zero-order valence-electron chi connectivity index (χ0n) is 18.3. The van der Waals surface area contributed by atoms with E-state index in [4.69, 9.17) is 16.9 Å². The molecule has 3 aromatic rings. The van der Waals surface area contributed by atoms with Gasteiger partial charge in [0.1, 0.15) is 11.9 Å². The number of hydrogen-bond acceptors (Lipinski definition) is 4. The maximum Gasteiger partial charge on any atom is 0.236 e. The summed E-state index contributed by atoms with van der Waals surface area (Å²) in [5.74, 6) is -0.240. The molecule has 5 N–H and O–H groups in total. The summed E-state index contributed by atoms with van der Waals surface area (Å²) in [6, 6.07) is 23.8. The summed E-state index contributed by atoms with van der Waals surface area (Å²) in [5.41, 5.74) is 17.7. The number of carbonyl (C=O) groups excluding carboxylic acids is 1. The molecule has 1 aliphatic rings. The van der Waals surface area contributed by atoms with Crippen molar-refractivity contribution in [3.63, 3.8) is 0 Å². The SMILES string of the molecule is Cc1ccccc1N1CCN(Cc2ccc(-c3ccccc3C(=N)N)cc2)C(C(N)=O)C1. The number of carbonyl (C=O) groups is 1. The number of nitrogens with one attached hydrogen (secondary N) is 1. The lowest BCUT2D eigenvalue weighted by molar-refractivity contribution is -0.123.